The molecule has 0 bridgehead atoms. The maximum Gasteiger partial charge on any atom is 0.123 e. The zero-order chi connectivity index (χ0) is 16.2. The lowest BCUT2D eigenvalue weighted by Crippen LogP contribution is -2.00. The fraction of sp³-hybridized carbons (Fsp3) is 0.158. The molecule has 2 aromatic carbocycles. The van der Waals surface area contributed by atoms with Gasteiger partial charge in [-0.15, -0.1) is 0 Å². The van der Waals surface area contributed by atoms with E-state index in [0.717, 1.165) is 22.4 Å². The number of fused-ring (bicyclic) bond motifs is 1. The Labute approximate surface area is 143 Å². The molecule has 0 spiro atoms. The fourth-order valence-electron chi connectivity index (χ4n) is 2.53. The number of halogens is 2. The number of nitrogens with zero attached hydrogens (tertiary/aromatic N) is 1. The highest BCUT2D eigenvalue weighted by molar-refractivity contribution is 9.10. The maximum absolute atomic E-state index is 12.8. The van der Waals surface area contributed by atoms with Crippen LogP contribution in [0.5, 0.6) is 0 Å². The molecule has 0 saturated heterocycles. The van der Waals surface area contributed by atoms with Crippen molar-refractivity contribution in [1.82, 2.24) is 4.57 Å². The molecule has 1 heterocycles. The molecule has 0 aliphatic carbocycles. The van der Waals surface area contributed by atoms with Gasteiger partial charge in [-0.2, -0.15) is 0 Å². The summed E-state index contributed by atoms with van der Waals surface area (Å²) in [7, 11) is 0. The van der Waals surface area contributed by atoms with E-state index < -0.39 is 0 Å². The standard InChI is InChI=1S/C19H16BrFN2/c1-2-23-18(13-14-12-15(20)5-10-19(14)23)4-3-11-22-17-8-6-16(21)7-9-17/h5-10,12-13,22H,2,11H2,1H3. The van der Waals surface area contributed by atoms with Crippen LogP contribution >= 0.6 is 15.9 Å². The number of rotatable bonds is 3. The van der Waals surface area contributed by atoms with Gasteiger partial charge in [0.2, 0.25) is 0 Å². The first-order valence-electron chi connectivity index (χ1n) is 7.44. The van der Waals surface area contributed by atoms with E-state index >= 15 is 0 Å². The highest BCUT2D eigenvalue weighted by Crippen LogP contribution is 2.23. The summed E-state index contributed by atoms with van der Waals surface area (Å²) >= 11 is 3.50. The number of hydrogen-bond acceptors (Lipinski definition) is 1. The van der Waals surface area contributed by atoms with Crippen molar-refractivity contribution < 1.29 is 4.39 Å². The molecule has 3 aromatic rings. The van der Waals surface area contributed by atoms with Gasteiger partial charge >= 0.3 is 0 Å². The Hall–Kier alpha value is -2.25. The van der Waals surface area contributed by atoms with Gasteiger partial charge in [-0.1, -0.05) is 21.9 Å². The topological polar surface area (TPSA) is 17.0 Å². The molecule has 23 heavy (non-hydrogen) atoms. The number of aryl methyl sites for hydroxylation is 1. The third-order valence-electron chi connectivity index (χ3n) is 3.62. The summed E-state index contributed by atoms with van der Waals surface area (Å²) in [5, 5.41) is 4.34. The zero-order valence-corrected chi connectivity index (χ0v) is 14.3. The predicted molar refractivity (Wildman–Crippen MR) is 97.1 cm³/mol. The van der Waals surface area contributed by atoms with Crippen molar-refractivity contribution in [2.75, 3.05) is 11.9 Å². The first-order valence-corrected chi connectivity index (χ1v) is 8.24. The van der Waals surface area contributed by atoms with Gasteiger partial charge < -0.3 is 9.88 Å². The molecule has 1 N–H and O–H groups in total. The van der Waals surface area contributed by atoms with Crippen molar-refractivity contribution >= 4 is 32.5 Å². The second-order valence-electron chi connectivity index (χ2n) is 5.14. The molecule has 3 rings (SSSR count). The van der Waals surface area contributed by atoms with Crippen LogP contribution in [0, 0.1) is 17.7 Å². The molecule has 0 aliphatic rings. The molecule has 0 amide bonds. The van der Waals surface area contributed by atoms with E-state index in [2.05, 4.69) is 62.8 Å². The highest BCUT2D eigenvalue weighted by Gasteiger charge is 2.05. The van der Waals surface area contributed by atoms with Gasteiger partial charge in [0.1, 0.15) is 5.82 Å². The van der Waals surface area contributed by atoms with Crippen molar-refractivity contribution in [3.8, 4) is 11.8 Å². The largest absolute Gasteiger partial charge is 0.374 e. The van der Waals surface area contributed by atoms with Crippen molar-refractivity contribution in [3.63, 3.8) is 0 Å². The van der Waals surface area contributed by atoms with Gasteiger partial charge in [-0.3, -0.25) is 0 Å². The normalized spacial score (nSPS) is 10.4. The third-order valence-corrected chi connectivity index (χ3v) is 4.11. The summed E-state index contributed by atoms with van der Waals surface area (Å²) in [6.45, 7) is 3.50. The zero-order valence-electron chi connectivity index (χ0n) is 12.7. The summed E-state index contributed by atoms with van der Waals surface area (Å²) in [4.78, 5) is 0. The number of anilines is 1. The SMILES string of the molecule is CCn1c(C#CCNc2ccc(F)cc2)cc2cc(Br)ccc21. The van der Waals surface area contributed by atoms with Crippen molar-refractivity contribution in [3.05, 3.63) is 64.5 Å². The van der Waals surface area contributed by atoms with E-state index in [1.54, 1.807) is 12.1 Å². The van der Waals surface area contributed by atoms with Crippen molar-refractivity contribution in [1.29, 1.82) is 0 Å². The molecule has 4 heteroatoms. The molecular formula is C19H16BrFN2. The predicted octanol–water partition coefficient (Wildman–Crippen LogP) is 5.03. The van der Waals surface area contributed by atoms with E-state index in [1.807, 2.05) is 6.07 Å². The second kappa shape index (κ2) is 6.89. The first kappa shape index (κ1) is 15.6. The van der Waals surface area contributed by atoms with E-state index in [-0.39, 0.29) is 5.82 Å². The average molecular weight is 371 g/mol. The summed E-state index contributed by atoms with van der Waals surface area (Å²) in [6, 6.07) is 14.6. The van der Waals surface area contributed by atoms with Crippen LogP contribution in [0.3, 0.4) is 0 Å². The summed E-state index contributed by atoms with van der Waals surface area (Å²) in [5.41, 5.74) is 3.05. The molecule has 0 fully saturated rings. The Kier molecular flexibility index (Phi) is 4.68. The van der Waals surface area contributed by atoms with Crippen LogP contribution in [0.2, 0.25) is 0 Å². The van der Waals surface area contributed by atoms with Crippen LogP contribution in [0.4, 0.5) is 10.1 Å². The van der Waals surface area contributed by atoms with Crippen LogP contribution in [0.15, 0.2) is 53.0 Å². The van der Waals surface area contributed by atoms with Gasteiger partial charge in [0, 0.05) is 27.6 Å². The Balaban J connectivity index is 1.77. The highest BCUT2D eigenvalue weighted by atomic mass is 79.9. The Morgan fingerprint density at radius 2 is 1.91 bits per heavy atom. The lowest BCUT2D eigenvalue weighted by Gasteiger charge is -2.03. The number of nitrogens with one attached hydrogen (secondary N) is 1. The molecule has 0 saturated carbocycles. The summed E-state index contributed by atoms with van der Waals surface area (Å²) in [5.74, 6) is 6.11. The van der Waals surface area contributed by atoms with Crippen LogP contribution in [0.25, 0.3) is 10.9 Å². The van der Waals surface area contributed by atoms with Crippen molar-refractivity contribution in [2.45, 2.75) is 13.5 Å². The van der Waals surface area contributed by atoms with E-state index in [4.69, 9.17) is 0 Å². The molecule has 0 radical (unpaired) electrons. The monoisotopic (exact) mass is 370 g/mol. The van der Waals surface area contributed by atoms with Gasteiger partial charge in [0.05, 0.1) is 12.2 Å². The molecule has 116 valence electrons. The van der Waals surface area contributed by atoms with E-state index in [9.17, 15) is 4.39 Å². The second-order valence-corrected chi connectivity index (χ2v) is 6.05. The minimum atomic E-state index is -0.236. The van der Waals surface area contributed by atoms with Crippen LogP contribution in [0.1, 0.15) is 12.6 Å². The number of aromatic nitrogens is 1. The van der Waals surface area contributed by atoms with Gasteiger partial charge in [-0.05, 0) is 61.4 Å². The quantitative estimate of drug-likeness (QED) is 0.640. The molecule has 2 nitrogen and oxygen atoms in total. The maximum atomic E-state index is 12.8. The Morgan fingerprint density at radius 1 is 1.13 bits per heavy atom. The van der Waals surface area contributed by atoms with Crippen LogP contribution in [-0.4, -0.2) is 11.1 Å². The fourth-order valence-corrected chi connectivity index (χ4v) is 2.91. The molecular weight excluding hydrogens is 355 g/mol. The van der Waals surface area contributed by atoms with E-state index in [1.165, 1.54) is 23.0 Å². The number of hydrogen-bond donors (Lipinski definition) is 1. The molecule has 1 aromatic heterocycles. The molecule has 0 unspecified atom stereocenters. The lowest BCUT2D eigenvalue weighted by atomic mass is 10.2. The lowest BCUT2D eigenvalue weighted by molar-refractivity contribution is 0.628. The average Bonchev–Trinajstić information content (AvgIpc) is 2.89. The Morgan fingerprint density at radius 3 is 2.65 bits per heavy atom. The first-order chi connectivity index (χ1) is 11.2. The van der Waals surface area contributed by atoms with Gasteiger partial charge in [-0.25, -0.2) is 4.39 Å². The molecule has 0 aliphatic heterocycles. The van der Waals surface area contributed by atoms with Crippen LogP contribution in [-0.2, 0) is 6.54 Å². The summed E-state index contributed by atoms with van der Waals surface area (Å²) < 4.78 is 16.1. The van der Waals surface area contributed by atoms with E-state index in [0.29, 0.717) is 6.54 Å². The minimum Gasteiger partial charge on any atom is -0.374 e. The summed E-state index contributed by atoms with van der Waals surface area (Å²) in [6.07, 6.45) is 0. The number of benzene rings is 2. The third kappa shape index (κ3) is 3.57. The Bertz CT molecular complexity index is 885. The smallest absolute Gasteiger partial charge is 0.123 e. The van der Waals surface area contributed by atoms with Gasteiger partial charge in [0.15, 0.2) is 0 Å². The van der Waals surface area contributed by atoms with Crippen molar-refractivity contribution in [2.24, 2.45) is 0 Å². The molecule has 0 atom stereocenters. The minimum absolute atomic E-state index is 0.236. The van der Waals surface area contributed by atoms with Crippen LogP contribution < -0.4 is 5.32 Å². The van der Waals surface area contributed by atoms with Gasteiger partial charge in [0.25, 0.3) is 0 Å².